The van der Waals surface area contributed by atoms with E-state index in [1.165, 1.54) is 26.2 Å². The standard InChI is InChI=1S/C24H36N2O4.C4H5F3O2/c1-3-30-23(28)24(19-7-5-4-6-8-19)13-15-26(16-14-24)22(27)21(25)17-18-9-11-20(29-2)12-10-18;1-2-9-3(8)4(5,6)7/h9-12,19,21H,3-8,13-17,25H2,1-2H3;2H2,1H3/t21-;/m1./s1. The van der Waals surface area contributed by atoms with Crippen molar-refractivity contribution in [1.29, 1.82) is 0 Å². The van der Waals surface area contributed by atoms with Crippen LogP contribution in [-0.4, -0.2) is 68.4 Å². The summed E-state index contributed by atoms with van der Waals surface area (Å²) in [6.07, 6.45) is 2.78. The van der Waals surface area contributed by atoms with E-state index in [9.17, 15) is 27.6 Å². The van der Waals surface area contributed by atoms with Crippen LogP contribution in [0.5, 0.6) is 5.75 Å². The fourth-order valence-electron chi connectivity index (χ4n) is 5.39. The lowest BCUT2D eigenvalue weighted by atomic mass is 9.63. The SMILES string of the molecule is CCOC(=O)C(F)(F)F.CCOC(=O)C1(C2CCCCC2)CCN(C(=O)[C@H](N)Cc2ccc(OC)cc2)CC1. The summed E-state index contributed by atoms with van der Waals surface area (Å²) in [4.78, 5) is 37.5. The van der Waals surface area contributed by atoms with Crippen LogP contribution in [0.3, 0.4) is 0 Å². The van der Waals surface area contributed by atoms with Gasteiger partial charge in [-0.1, -0.05) is 31.4 Å². The van der Waals surface area contributed by atoms with E-state index in [0.29, 0.717) is 44.9 Å². The molecule has 0 spiro atoms. The summed E-state index contributed by atoms with van der Waals surface area (Å²) in [5, 5.41) is 0. The number of ether oxygens (including phenoxy) is 3. The van der Waals surface area contributed by atoms with Crippen LogP contribution < -0.4 is 10.5 Å². The fraction of sp³-hybridized carbons (Fsp3) is 0.679. The summed E-state index contributed by atoms with van der Waals surface area (Å²) in [7, 11) is 1.63. The van der Waals surface area contributed by atoms with Crippen molar-refractivity contribution in [3.05, 3.63) is 29.8 Å². The van der Waals surface area contributed by atoms with Gasteiger partial charge in [0.25, 0.3) is 0 Å². The minimum absolute atomic E-state index is 0.0353. The number of nitrogens with zero attached hydrogens (tertiary/aromatic N) is 1. The third kappa shape index (κ3) is 9.12. The zero-order valence-electron chi connectivity index (χ0n) is 23.1. The molecule has 1 atom stereocenters. The van der Waals surface area contributed by atoms with Crippen molar-refractivity contribution >= 4 is 17.8 Å². The van der Waals surface area contributed by atoms with Crippen LogP contribution >= 0.6 is 0 Å². The summed E-state index contributed by atoms with van der Waals surface area (Å²) in [6.45, 7) is 4.48. The Morgan fingerprint density at radius 2 is 1.56 bits per heavy atom. The summed E-state index contributed by atoms with van der Waals surface area (Å²) < 4.78 is 47.8. The average molecular weight is 559 g/mol. The molecule has 11 heteroatoms. The van der Waals surface area contributed by atoms with Gasteiger partial charge in [-0.3, -0.25) is 9.59 Å². The van der Waals surface area contributed by atoms with E-state index in [0.717, 1.165) is 24.2 Å². The lowest BCUT2D eigenvalue weighted by molar-refractivity contribution is -0.199. The first kappa shape index (κ1) is 32.4. The van der Waals surface area contributed by atoms with Gasteiger partial charge in [-0.25, -0.2) is 4.79 Å². The number of hydrogen-bond acceptors (Lipinski definition) is 7. The molecule has 1 heterocycles. The molecule has 1 saturated heterocycles. The molecule has 220 valence electrons. The molecular weight excluding hydrogens is 517 g/mol. The van der Waals surface area contributed by atoms with E-state index < -0.39 is 23.6 Å². The van der Waals surface area contributed by atoms with E-state index in [1.54, 1.807) is 7.11 Å². The molecule has 2 N–H and O–H groups in total. The lowest BCUT2D eigenvalue weighted by Crippen LogP contribution is -2.54. The average Bonchev–Trinajstić information content (AvgIpc) is 2.93. The van der Waals surface area contributed by atoms with Crippen LogP contribution in [0.25, 0.3) is 0 Å². The molecule has 1 aromatic carbocycles. The Hall–Kier alpha value is -2.82. The van der Waals surface area contributed by atoms with Crippen molar-refractivity contribution < 1.29 is 41.8 Å². The molecule has 1 aliphatic heterocycles. The number of piperidine rings is 1. The highest BCUT2D eigenvalue weighted by molar-refractivity contribution is 5.83. The lowest BCUT2D eigenvalue weighted by Gasteiger charge is -2.46. The molecule has 1 amide bonds. The smallest absolute Gasteiger partial charge is 0.490 e. The monoisotopic (exact) mass is 558 g/mol. The van der Waals surface area contributed by atoms with Gasteiger partial charge in [0.15, 0.2) is 0 Å². The molecule has 39 heavy (non-hydrogen) atoms. The van der Waals surface area contributed by atoms with Crippen LogP contribution in [0.2, 0.25) is 0 Å². The second-order valence-corrected chi connectivity index (χ2v) is 9.91. The first-order chi connectivity index (χ1) is 18.5. The van der Waals surface area contributed by atoms with Crippen molar-refractivity contribution in [2.45, 2.75) is 77.4 Å². The third-order valence-corrected chi connectivity index (χ3v) is 7.47. The number of likely N-dealkylation sites (tertiary alicyclic amines) is 1. The molecule has 1 saturated carbocycles. The number of nitrogens with two attached hydrogens (primary N) is 1. The highest BCUT2D eigenvalue weighted by Crippen LogP contribution is 2.46. The predicted octanol–water partition coefficient (Wildman–Crippen LogP) is 4.43. The molecule has 1 aliphatic carbocycles. The first-order valence-corrected chi connectivity index (χ1v) is 13.6. The Labute approximate surface area is 228 Å². The molecule has 8 nitrogen and oxygen atoms in total. The number of esters is 2. The number of hydrogen-bond donors (Lipinski definition) is 1. The first-order valence-electron chi connectivity index (χ1n) is 13.6. The van der Waals surface area contributed by atoms with Gasteiger partial charge in [-0.2, -0.15) is 13.2 Å². The topological polar surface area (TPSA) is 108 Å². The van der Waals surface area contributed by atoms with Crippen LogP contribution in [0, 0.1) is 11.3 Å². The largest absolute Gasteiger partial charge is 0.497 e. The highest BCUT2D eigenvalue weighted by atomic mass is 19.4. The number of rotatable bonds is 8. The predicted molar refractivity (Wildman–Crippen MR) is 139 cm³/mol. The second-order valence-electron chi connectivity index (χ2n) is 9.91. The Balaban J connectivity index is 0.000000510. The zero-order chi connectivity index (χ0) is 29.1. The van der Waals surface area contributed by atoms with Gasteiger partial charge in [0, 0.05) is 13.1 Å². The van der Waals surface area contributed by atoms with Gasteiger partial charge >= 0.3 is 18.1 Å². The Bertz CT molecular complexity index is 924. The summed E-state index contributed by atoms with van der Waals surface area (Å²) >= 11 is 0. The molecule has 2 aliphatic rings. The van der Waals surface area contributed by atoms with Gasteiger partial charge in [-0.05, 0) is 69.6 Å². The molecule has 1 aromatic rings. The maximum atomic E-state index is 13.0. The van der Waals surface area contributed by atoms with E-state index in [2.05, 4.69) is 4.74 Å². The van der Waals surface area contributed by atoms with Gasteiger partial charge in [0.05, 0.1) is 31.8 Å². The second kappa shape index (κ2) is 15.1. The van der Waals surface area contributed by atoms with Crippen molar-refractivity contribution in [3.8, 4) is 5.75 Å². The van der Waals surface area contributed by atoms with Gasteiger partial charge in [0.1, 0.15) is 5.75 Å². The quantitative estimate of drug-likeness (QED) is 0.471. The number of alkyl halides is 3. The molecule has 0 aromatic heterocycles. The number of methoxy groups -OCH3 is 1. The third-order valence-electron chi connectivity index (χ3n) is 7.47. The number of amides is 1. The van der Waals surface area contributed by atoms with Crippen LogP contribution in [-0.2, 0) is 30.3 Å². The maximum Gasteiger partial charge on any atom is 0.490 e. The Morgan fingerprint density at radius 1 is 1.00 bits per heavy atom. The van der Waals surface area contributed by atoms with Crippen LogP contribution in [0.15, 0.2) is 24.3 Å². The normalized spacial score (nSPS) is 18.3. The van der Waals surface area contributed by atoms with Gasteiger partial charge in [0.2, 0.25) is 5.91 Å². The van der Waals surface area contributed by atoms with E-state index in [-0.39, 0.29) is 18.5 Å². The van der Waals surface area contributed by atoms with Crippen LogP contribution in [0.4, 0.5) is 13.2 Å². The molecule has 0 unspecified atom stereocenters. The van der Waals surface area contributed by atoms with Crippen molar-refractivity contribution in [2.75, 3.05) is 33.4 Å². The van der Waals surface area contributed by atoms with E-state index in [1.807, 2.05) is 36.1 Å². The minimum atomic E-state index is -4.85. The molecule has 3 rings (SSSR count). The Morgan fingerprint density at radius 3 is 2.03 bits per heavy atom. The van der Waals surface area contributed by atoms with Gasteiger partial charge in [-0.15, -0.1) is 0 Å². The number of carbonyl (C=O) groups is 3. The number of halogens is 3. The van der Waals surface area contributed by atoms with E-state index >= 15 is 0 Å². The molecule has 0 radical (unpaired) electrons. The summed E-state index contributed by atoms with van der Waals surface area (Å²) in [6, 6.07) is 7.06. The highest BCUT2D eigenvalue weighted by Gasteiger charge is 2.49. The van der Waals surface area contributed by atoms with Gasteiger partial charge < -0.3 is 24.8 Å². The number of carbonyl (C=O) groups excluding carboxylic acids is 3. The van der Waals surface area contributed by atoms with Crippen molar-refractivity contribution in [2.24, 2.45) is 17.1 Å². The maximum absolute atomic E-state index is 13.0. The van der Waals surface area contributed by atoms with Crippen molar-refractivity contribution in [3.63, 3.8) is 0 Å². The number of benzene rings is 1. The zero-order valence-corrected chi connectivity index (χ0v) is 23.1. The molecule has 0 bridgehead atoms. The fourth-order valence-corrected chi connectivity index (χ4v) is 5.39. The Kier molecular flexibility index (Phi) is 12.5. The van der Waals surface area contributed by atoms with E-state index in [4.69, 9.17) is 15.2 Å². The summed E-state index contributed by atoms with van der Waals surface area (Å²) in [5.41, 5.74) is 6.83. The molecular formula is C28H41F3N2O6. The molecule has 2 fully saturated rings. The van der Waals surface area contributed by atoms with Crippen LogP contribution in [0.1, 0.15) is 64.4 Å². The summed E-state index contributed by atoms with van der Waals surface area (Å²) in [5.74, 6) is -1.08. The minimum Gasteiger partial charge on any atom is -0.497 e. The van der Waals surface area contributed by atoms with Crippen molar-refractivity contribution in [1.82, 2.24) is 4.90 Å².